The van der Waals surface area contributed by atoms with Crippen LogP contribution in [0.3, 0.4) is 0 Å². The zero-order valence-corrected chi connectivity index (χ0v) is 16.2. The van der Waals surface area contributed by atoms with Crippen LogP contribution in [0.5, 0.6) is 0 Å². The van der Waals surface area contributed by atoms with Gasteiger partial charge in [-0.05, 0) is 43.9 Å². The van der Waals surface area contributed by atoms with Gasteiger partial charge in [-0.2, -0.15) is 0 Å². The van der Waals surface area contributed by atoms with Crippen LogP contribution in [0.2, 0.25) is 0 Å². The van der Waals surface area contributed by atoms with Crippen LogP contribution in [0.25, 0.3) is 0 Å². The average Bonchev–Trinajstić information content (AvgIpc) is 2.58. The Hall–Kier alpha value is -1.92. The fraction of sp³-hybridized carbons (Fsp3) is 0.600. The Kier molecular flexibility index (Phi) is 7.17. The number of morpholine rings is 1. The van der Waals surface area contributed by atoms with E-state index in [2.05, 4.69) is 5.32 Å². The van der Waals surface area contributed by atoms with E-state index in [9.17, 15) is 9.59 Å². The second kappa shape index (κ2) is 9.14. The van der Waals surface area contributed by atoms with Crippen LogP contribution < -0.4 is 11.1 Å². The van der Waals surface area contributed by atoms with Crippen molar-refractivity contribution in [3.8, 4) is 0 Å². The molecule has 1 saturated heterocycles. The van der Waals surface area contributed by atoms with Crippen LogP contribution in [0.1, 0.15) is 50.0 Å². The molecule has 1 aliphatic rings. The van der Waals surface area contributed by atoms with E-state index in [0.717, 1.165) is 5.56 Å². The molecule has 0 bridgehead atoms. The van der Waals surface area contributed by atoms with E-state index in [0.29, 0.717) is 37.5 Å². The second-order valence-electron chi connectivity index (χ2n) is 7.62. The predicted molar refractivity (Wildman–Crippen MR) is 102 cm³/mol. The number of nitrogens with zero attached hydrogens (tertiary/aromatic N) is 1. The highest BCUT2D eigenvalue weighted by Gasteiger charge is 2.26. The molecule has 2 amide bonds. The van der Waals surface area contributed by atoms with Gasteiger partial charge in [0, 0.05) is 25.2 Å². The molecule has 1 aromatic carbocycles. The zero-order chi connectivity index (χ0) is 19.3. The number of benzene rings is 1. The Labute approximate surface area is 156 Å². The summed E-state index contributed by atoms with van der Waals surface area (Å²) in [5.74, 6) is 0.253. The quantitative estimate of drug-likeness (QED) is 0.811. The number of hydrogen-bond acceptors (Lipinski definition) is 4. The molecule has 144 valence electrons. The van der Waals surface area contributed by atoms with Gasteiger partial charge in [-0.15, -0.1) is 0 Å². The van der Waals surface area contributed by atoms with Crippen molar-refractivity contribution in [3.63, 3.8) is 0 Å². The molecule has 0 spiro atoms. The van der Waals surface area contributed by atoms with Crippen LogP contribution in [-0.2, 0) is 16.1 Å². The number of nitrogens with one attached hydrogen (secondary N) is 1. The van der Waals surface area contributed by atoms with Crippen molar-refractivity contribution in [1.29, 1.82) is 0 Å². The summed E-state index contributed by atoms with van der Waals surface area (Å²) in [4.78, 5) is 26.5. The molecule has 0 aliphatic carbocycles. The number of rotatable bonds is 6. The fourth-order valence-corrected chi connectivity index (χ4v) is 3.23. The third-order valence-electron chi connectivity index (χ3n) is 4.44. The molecule has 1 heterocycles. The van der Waals surface area contributed by atoms with Gasteiger partial charge in [0.2, 0.25) is 5.91 Å². The molecule has 1 fully saturated rings. The van der Waals surface area contributed by atoms with E-state index >= 15 is 0 Å². The number of carbonyl (C=O) groups is 2. The number of amides is 2. The van der Waals surface area contributed by atoms with Gasteiger partial charge < -0.3 is 20.7 Å². The summed E-state index contributed by atoms with van der Waals surface area (Å²) in [7, 11) is 0. The van der Waals surface area contributed by atoms with Crippen LogP contribution in [0, 0.1) is 5.92 Å². The van der Waals surface area contributed by atoms with Crippen molar-refractivity contribution in [1.82, 2.24) is 10.2 Å². The first-order chi connectivity index (χ1) is 12.3. The van der Waals surface area contributed by atoms with Gasteiger partial charge in [0.05, 0.1) is 18.2 Å². The second-order valence-corrected chi connectivity index (χ2v) is 7.62. The highest BCUT2D eigenvalue weighted by molar-refractivity contribution is 5.94. The van der Waals surface area contributed by atoms with Gasteiger partial charge in [-0.1, -0.05) is 26.0 Å². The normalized spacial score (nSPS) is 21.5. The topological polar surface area (TPSA) is 84.7 Å². The van der Waals surface area contributed by atoms with Crippen LogP contribution in [-0.4, -0.2) is 48.1 Å². The molecule has 0 aromatic heterocycles. The predicted octanol–water partition coefficient (Wildman–Crippen LogP) is 1.93. The van der Waals surface area contributed by atoms with Crippen molar-refractivity contribution in [2.75, 3.05) is 13.1 Å². The van der Waals surface area contributed by atoms with Gasteiger partial charge in [-0.3, -0.25) is 9.59 Å². The van der Waals surface area contributed by atoms with Crippen molar-refractivity contribution < 1.29 is 14.3 Å². The molecule has 3 atom stereocenters. The molecule has 6 nitrogen and oxygen atoms in total. The fourth-order valence-electron chi connectivity index (χ4n) is 3.23. The lowest BCUT2D eigenvalue weighted by Gasteiger charge is -2.35. The first-order valence-corrected chi connectivity index (χ1v) is 9.33. The SMILES string of the molecule is CC(C)C[C@H](N)C(=O)NCc1ccc(C(=O)N2CC(C)OC(C)C2)cc1. The molecule has 2 rings (SSSR count). The molecule has 26 heavy (non-hydrogen) atoms. The van der Waals surface area contributed by atoms with E-state index in [1.165, 1.54) is 0 Å². The first kappa shape index (κ1) is 20.4. The minimum Gasteiger partial charge on any atom is -0.372 e. The Bertz CT molecular complexity index is 605. The maximum absolute atomic E-state index is 12.6. The lowest BCUT2D eigenvalue weighted by atomic mass is 10.0. The standard InChI is InChI=1S/C20H31N3O3/c1-13(2)9-18(21)19(24)22-10-16-5-7-17(8-6-16)20(25)23-11-14(3)26-15(4)12-23/h5-8,13-15,18H,9-12,21H2,1-4H3,(H,22,24)/t14?,15?,18-/m0/s1. The van der Waals surface area contributed by atoms with Crippen molar-refractivity contribution in [2.24, 2.45) is 11.7 Å². The molecule has 0 radical (unpaired) electrons. The molecular formula is C20H31N3O3. The summed E-state index contributed by atoms with van der Waals surface area (Å²) < 4.78 is 5.67. The molecule has 6 heteroatoms. The smallest absolute Gasteiger partial charge is 0.254 e. The zero-order valence-electron chi connectivity index (χ0n) is 16.2. The lowest BCUT2D eigenvalue weighted by Crippen LogP contribution is -2.48. The first-order valence-electron chi connectivity index (χ1n) is 9.33. The monoisotopic (exact) mass is 361 g/mol. The highest BCUT2D eigenvalue weighted by atomic mass is 16.5. The summed E-state index contributed by atoms with van der Waals surface area (Å²) in [5, 5.41) is 2.85. The number of ether oxygens (including phenoxy) is 1. The van der Waals surface area contributed by atoms with Crippen LogP contribution in [0.15, 0.2) is 24.3 Å². The maximum Gasteiger partial charge on any atom is 0.254 e. The summed E-state index contributed by atoms with van der Waals surface area (Å²) in [5.41, 5.74) is 7.47. The minimum atomic E-state index is -0.485. The third-order valence-corrected chi connectivity index (χ3v) is 4.44. The number of hydrogen-bond donors (Lipinski definition) is 2. The van der Waals surface area contributed by atoms with E-state index in [4.69, 9.17) is 10.5 Å². The molecule has 1 aromatic rings. The van der Waals surface area contributed by atoms with Gasteiger partial charge in [-0.25, -0.2) is 0 Å². The summed E-state index contributed by atoms with van der Waals surface area (Å²) >= 11 is 0. The van der Waals surface area contributed by atoms with Crippen LogP contribution in [0.4, 0.5) is 0 Å². The maximum atomic E-state index is 12.6. The van der Waals surface area contributed by atoms with Gasteiger partial charge >= 0.3 is 0 Å². The highest BCUT2D eigenvalue weighted by Crippen LogP contribution is 2.15. The molecule has 0 saturated carbocycles. The van der Waals surface area contributed by atoms with Gasteiger partial charge in [0.25, 0.3) is 5.91 Å². The average molecular weight is 361 g/mol. The summed E-state index contributed by atoms with van der Waals surface area (Å²) in [6.07, 6.45) is 0.759. The van der Waals surface area contributed by atoms with Crippen molar-refractivity contribution >= 4 is 11.8 Å². The summed E-state index contributed by atoms with van der Waals surface area (Å²) in [6.45, 7) is 9.66. The Morgan fingerprint density at radius 3 is 2.31 bits per heavy atom. The number of carbonyl (C=O) groups excluding carboxylic acids is 2. The third kappa shape index (κ3) is 5.81. The Morgan fingerprint density at radius 1 is 1.19 bits per heavy atom. The van der Waals surface area contributed by atoms with Crippen LogP contribution >= 0.6 is 0 Å². The lowest BCUT2D eigenvalue weighted by molar-refractivity contribution is -0.122. The Balaban J connectivity index is 1.89. The van der Waals surface area contributed by atoms with Crippen molar-refractivity contribution in [2.45, 2.75) is 58.9 Å². The van der Waals surface area contributed by atoms with E-state index in [-0.39, 0.29) is 24.0 Å². The van der Waals surface area contributed by atoms with E-state index < -0.39 is 6.04 Å². The van der Waals surface area contributed by atoms with E-state index in [1.54, 1.807) is 0 Å². The molecule has 1 aliphatic heterocycles. The molecule has 3 N–H and O–H groups in total. The summed E-state index contributed by atoms with van der Waals surface area (Å²) in [6, 6.07) is 6.87. The van der Waals surface area contributed by atoms with E-state index in [1.807, 2.05) is 56.9 Å². The van der Waals surface area contributed by atoms with Gasteiger partial charge in [0.1, 0.15) is 0 Å². The Morgan fingerprint density at radius 2 is 1.77 bits per heavy atom. The van der Waals surface area contributed by atoms with Gasteiger partial charge in [0.15, 0.2) is 0 Å². The largest absolute Gasteiger partial charge is 0.372 e. The molecule has 2 unspecified atom stereocenters. The minimum absolute atomic E-state index is 0.0153. The molecular weight excluding hydrogens is 330 g/mol. The van der Waals surface area contributed by atoms with Crippen molar-refractivity contribution in [3.05, 3.63) is 35.4 Å². The number of nitrogens with two attached hydrogens (primary N) is 1.